The molecular weight excluding hydrogens is 663 g/mol. The summed E-state index contributed by atoms with van der Waals surface area (Å²) in [4.78, 5) is 53.9. The SMILES string of the molecule is CC(C)c1cc(NC(=O)Nc2ccc(OC(F)(F)F)cc2)c(O)c2c1C[C@]1(C)C[C@]3(C)[C@@H](C(C)C)C(O)[C@@H](C(N)=O)C(=O)[C@]3(O)C(O)[C@H]1C2=O. The van der Waals surface area contributed by atoms with Crippen LogP contribution in [0.4, 0.5) is 29.3 Å². The van der Waals surface area contributed by atoms with Crippen LogP contribution in [0.25, 0.3) is 0 Å². The van der Waals surface area contributed by atoms with Crippen LogP contribution in [-0.4, -0.2) is 68.1 Å². The van der Waals surface area contributed by atoms with Crippen molar-refractivity contribution in [1.29, 1.82) is 0 Å². The van der Waals surface area contributed by atoms with Crippen molar-refractivity contribution < 1.29 is 57.5 Å². The third-order valence-corrected chi connectivity index (χ3v) is 11.0. The highest BCUT2D eigenvalue weighted by atomic mass is 19.4. The first kappa shape index (κ1) is 37.1. The number of fused-ring (bicyclic) bond motifs is 3. The molecule has 2 saturated carbocycles. The van der Waals surface area contributed by atoms with Gasteiger partial charge in [-0.2, -0.15) is 0 Å². The van der Waals surface area contributed by atoms with Crippen molar-refractivity contribution in [3.63, 3.8) is 0 Å². The monoisotopic (exact) mass is 705 g/mol. The van der Waals surface area contributed by atoms with Gasteiger partial charge in [-0.05, 0) is 77.5 Å². The number of aliphatic hydroxyl groups excluding tert-OH is 2. The lowest BCUT2D eigenvalue weighted by molar-refractivity contribution is -0.274. The van der Waals surface area contributed by atoms with Crippen LogP contribution in [0.2, 0.25) is 0 Å². The highest BCUT2D eigenvalue weighted by Crippen LogP contribution is 2.66. The summed E-state index contributed by atoms with van der Waals surface area (Å²) in [5, 5.41) is 52.0. The number of alkyl halides is 3. The predicted molar refractivity (Wildman–Crippen MR) is 173 cm³/mol. The van der Waals surface area contributed by atoms with Crippen LogP contribution in [0.3, 0.4) is 0 Å². The molecule has 0 spiro atoms. The molecule has 5 rings (SSSR count). The van der Waals surface area contributed by atoms with Crippen LogP contribution in [-0.2, 0) is 16.0 Å². The van der Waals surface area contributed by atoms with Crippen molar-refractivity contribution in [2.75, 3.05) is 10.6 Å². The number of benzene rings is 2. The maximum Gasteiger partial charge on any atom is 0.573 e. The number of amides is 3. The number of carbonyl (C=O) groups is 4. The van der Waals surface area contributed by atoms with Crippen molar-refractivity contribution in [3.8, 4) is 11.5 Å². The lowest BCUT2D eigenvalue weighted by Crippen LogP contribution is -2.79. The Morgan fingerprint density at radius 2 is 1.64 bits per heavy atom. The van der Waals surface area contributed by atoms with E-state index in [2.05, 4.69) is 15.4 Å². The second kappa shape index (κ2) is 12.2. The van der Waals surface area contributed by atoms with E-state index in [1.807, 2.05) is 13.8 Å². The number of nitrogens with two attached hydrogens (primary N) is 1. The first-order valence-corrected chi connectivity index (χ1v) is 16.3. The summed E-state index contributed by atoms with van der Waals surface area (Å²) in [6.07, 6.45) is -8.43. The third kappa shape index (κ3) is 5.68. The number of aliphatic hydroxyl groups is 3. The van der Waals surface area contributed by atoms with E-state index in [1.54, 1.807) is 27.7 Å². The molecule has 2 aromatic rings. The van der Waals surface area contributed by atoms with Gasteiger partial charge in [0.05, 0.1) is 23.3 Å². The fourth-order valence-corrected chi connectivity index (χ4v) is 9.26. The van der Waals surface area contributed by atoms with Gasteiger partial charge < -0.3 is 41.5 Å². The van der Waals surface area contributed by atoms with Crippen LogP contribution in [0.1, 0.15) is 75.4 Å². The standard InChI is InChI=1S/C35H42F3N3O9/c1-14(2)18-11-20(41-31(48)40-16-7-9-17(10-8-16)50-35(36,37)38)25(42)21-19(18)12-32(5)13-33(6)23(15(3)4)27(44)22(30(39)47)28(45)34(33,49)29(46)24(32)26(21)43/h7-11,14-15,22-24,27,29,42,44,46,49H,12-13H2,1-6H3,(H2,39,47)(H2,40,41,48)/t22-,23+,24-,27?,29?,32-,33-,34+/m1/s1. The Morgan fingerprint density at radius 1 is 1.04 bits per heavy atom. The second-order valence-electron chi connectivity index (χ2n) is 15.0. The van der Waals surface area contributed by atoms with Crippen LogP contribution in [0, 0.1) is 34.5 Å². The number of phenols is 1. The number of ether oxygens (including phenoxy) is 1. The number of nitrogens with one attached hydrogen (secondary N) is 2. The lowest BCUT2D eigenvalue weighted by atomic mass is 9.39. The normalized spacial score (nSPS) is 32.2. The number of carbonyl (C=O) groups excluding carboxylic acids is 4. The smallest absolute Gasteiger partial charge is 0.505 e. The van der Waals surface area contributed by atoms with Gasteiger partial charge in [-0.25, -0.2) is 4.79 Å². The van der Waals surface area contributed by atoms with Crippen molar-refractivity contribution in [2.45, 2.75) is 84.5 Å². The van der Waals surface area contributed by atoms with E-state index in [0.717, 1.165) is 12.1 Å². The van der Waals surface area contributed by atoms with Gasteiger partial charge in [-0.1, -0.05) is 41.5 Å². The van der Waals surface area contributed by atoms with Crippen molar-refractivity contribution in [3.05, 3.63) is 47.0 Å². The number of Topliss-reactive ketones (excluding diaryl/α,β-unsaturated/α-hetero) is 2. The molecule has 0 radical (unpaired) electrons. The minimum Gasteiger partial charge on any atom is -0.505 e. The van der Waals surface area contributed by atoms with E-state index in [0.29, 0.717) is 11.1 Å². The van der Waals surface area contributed by atoms with Gasteiger partial charge in [0.25, 0.3) is 0 Å². The number of anilines is 2. The molecule has 2 aromatic carbocycles. The quantitative estimate of drug-likeness (QED) is 0.169. The van der Waals surface area contributed by atoms with Gasteiger partial charge in [0.1, 0.15) is 23.5 Å². The summed E-state index contributed by atoms with van der Waals surface area (Å²) in [5.74, 6) is -9.11. The minimum absolute atomic E-state index is 0.0198. The summed E-state index contributed by atoms with van der Waals surface area (Å²) in [6, 6.07) is 4.92. The molecule has 3 aliphatic rings. The summed E-state index contributed by atoms with van der Waals surface area (Å²) in [7, 11) is 0. The topological polar surface area (TPSA) is 209 Å². The zero-order chi connectivity index (χ0) is 37.5. The van der Waals surface area contributed by atoms with Gasteiger partial charge in [-0.15, -0.1) is 13.2 Å². The first-order valence-electron chi connectivity index (χ1n) is 16.3. The first-order chi connectivity index (χ1) is 23.0. The molecule has 2 fully saturated rings. The van der Waals surface area contributed by atoms with Gasteiger partial charge in [0.2, 0.25) is 5.91 Å². The van der Waals surface area contributed by atoms with E-state index < -0.39 is 93.7 Å². The zero-order valence-electron chi connectivity index (χ0n) is 28.4. The molecule has 0 aromatic heterocycles. The summed E-state index contributed by atoms with van der Waals surface area (Å²) >= 11 is 0. The van der Waals surface area contributed by atoms with E-state index in [9.17, 15) is 52.8 Å². The van der Waals surface area contributed by atoms with Gasteiger partial charge in [0.15, 0.2) is 17.2 Å². The van der Waals surface area contributed by atoms with Gasteiger partial charge in [-0.3, -0.25) is 14.4 Å². The Morgan fingerprint density at radius 3 is 2.16 bits per heavy atom. The largest absolute Gasteiger partial charge is 0.573 e. The maximum absolute atomic E-state index is 14.5. The van der Waals surface area contributed by atoms with E-state index in [4.69, 9.17) is 5.73 Å². The summed E-state index contributed by atoms with van der Waals surface area (Å²) in [6.45, 7) is 10.5. The minimum atomic E-state index is -4.90. The number of hydrogen-bond donors (Lipinski definition) is 7. The Hall–Kier alpha value is -4.21. The molecule has 8 atom stereocenters. The van der Waals surface area contributed by atoms with Crippen molar-refractivity contribution >= 4 is 34.9 Å². The molecule has 0 heterocycles. The van der Waals surface area contributed by atoms with Crippen LogP contribution >= 0.6 is 0 Å². The summed E-state index contributed by atoms with van der Waals surface area (Å²) < 4.78 is 41.4. The molecular formula is C35H42F3N3O9. The molecule has 0 saturated heterocycles. The highest BCUT2D eigenvalue weighted by Gasteiger charge is 2.76. The molecule has 15 heteroatoms. The Bertz CT molecular complexity index is 1750. The number of phenolic OH excluding ortho intramolecular Hbond substituents is 1. The number of aromatic hydroxyl groups is 1. The van der Waals surface area contributed by atoms with Crippen molar-refractivity contribution in [1.82, 2.24) is 0 Å². The number of hydrogen-bond acceptors (Lipinski definition) is 9. The summed E-state index contributed by atoms with van der Waals surface area (Å²) in [5.41, 5.74) is 0.956. The number of rotatable bonds is 6. The number of ketones is 2. The number of urea groups is 1. The average Bonchev–Trinajstić information content (AvgIpc) is 2.96. The van der Waals surface area contributed by atoms with E-state index in [-0.39, 0.29) is 35.7 Å². The Balaban J connectivity index is 1.55. The highest BCUT2D eigenvalue weighted by molar-refractivity contribution is 6.10. The Labute approximate surface area is 286 Å². The van der Waals surface area contributed by atoms with Crippen LogP contribution in [0.5, 0.6) is 11.5 Å². The third-order valence-electron chi connectivity index (χ3n) is 11.0. The maximum atomic E-state index is 14.5. The lowest BCUT2D eigenvalue weighted by Gasteiger charge is -2.66. The van der Waals surface area contributed by atoms with E-state index in [1.165, 1.54) is 18.2 Å². The van der Waals surface area contributed by atoms with Gasteiger partial charge >= 0.3 is 12.4 Å². The predicted octanol–water partition coefficient (Wildman–Crippen LogP) is 4.24. The fraction of sp³-hybridized carbons (Fsp3) is 0.543. The van der Waals surface area contributed by atoms with E-state index >= 15 is 0 Å². The van der Waals surface area contributed by atoms with Crippen molar-refractivity contribution in [2.24, 2.45) is 40.2 Å². The molecule has 8 N–H and O–H groups in total. The zero-order valence-corrected chi connectivity index (χ0v) is 28.4. The molecule has 0 aliphatic heterocycles. The molecule has 272 valence electrons. The molecule has 50 heavy (non-hydrogen) atoms. The second-order valence-corrected chi connectivity index (χ2v) is 15.0. The average molecular weight is 706 g/mol. The molecule has 2 unspecified atom stereocenters. The fourth-order valence-electron chi connectivity index (χ4n) is 9.26. The molecule has 12 nitrogen and oxygen atoms in total. The number of primary amides is 1. The molecule has 3 amide bonds. The van der Waals surface area contributed by atoms with Crippen LogP contribution in [0.15, 0.2) is 30.3 Å². The van der Waals surface area contributed by atoms with Crippen LogP contribution < -0.4 is 21.1 Å². The molecule has 0 bridgehead atoms. The Kier molecular flexibility index (Phi) is 9.07. The molecule has 3 aliphatic carbocycles. The van der Waals surface area contributed by atoms with Gasteiger partial charge in [0, 0.05) is 11.1 Å². The number of halogens is 3.